The minimum Gasteiger partial charge on any atom is -0.293 e. The van der Waals surface area contributed by atoms with Crippen LogP contribution in [0, 0.1) is 13.0 Å². The fraction of sp³-hybridized carbons (Fsp3) is 0.0500. The van der Waals surface area contributed by atoms with Gasteiger partial charge in [-0.25, -0.2) is 0 Å². The molecule has 2 aromatic carbocycles. The molecule has 0 saturated heterocycles. The quantitative estimate of drug-likeness (QED) is 0.548. The SMILES string of the molecule is Cc1[c]cc(-c2ccccc2)n1Nc1ccnc2cc(Cl)ccc12. The van der Waals surface area contributed by atoms with Crippen molar-refractivity contribution in [1.82, 2.24) is 9.66 Å². The fourth-order valence-electron chi connectivity index (χ4n) is 2.79. The number of fused-ring (bicyclic) bond motifs is 1. The number of nitrogens with zero attached hydrogens (tertiary/aromatic N) is 2. The molecule has 0 unspecified atom stereocenters. The van der Waals surface area contributed by atoms with Crippen molar-refractivity contribution in [2.24, 2.45) is 0 Å². The molecule has 0 aliphatic rings. The molecule has 0 spiro atoms. The molecule has 0 amide bonds. The van der Waals surface area contributed by atoms with E-state index in [0.717, 1.165) is 33.5 Å². The number of pyridine rings is 1. The van der Waals surface area contributed by atoms with E-state index in [-0.39, 0.29) is 0 Å². The Morgan fingerprint density at radius 1 is 1.08 bits per heavy atom. The van der Waals surface area contributed by atoms with Crippen LogP contribution in [0.2, 0.25) is 5.02 Å². The number of rotatable bonds is 3. The summed E-state index contributed by atoms with van der Waals surface area (Å²) in [6, 6.07) is 23.2. The molecule has 0 atom stereocenters. The molecular formula is C20H15ClN3. The molecule has 117 valence electrons. The van der Waals surface area contributed by atoms with Crippen molar-refractivity contribution < 1.29 is 0 Å². The first-order valence-corrected chi connectivity index (χ1v) is 8.07. The van der Waals surface area contributed by atoms with Crippen LogP contribution < -0.4 is 5.43 Å². The average molecular weight is 333 g/mol. The zero-order chi connectivity index (χ0) is 16.5. The first-order chi connectivity index (χ1) is 11.7. The normalized spacial score (nSPS) is 10.9. The van der Waals surface area contributed by atoms with Crippen molar-refractivity contribution >= 4 is 28.2 Å². The summed E-state index contributed by atoms with van der Waals surface area (Å²) in [4.78, 5) is 4.39. The van der Waals surface area contributed by atoms with E-state index >= 15 is 0 Å². The van der Waals surface area contributed by atoms with E-state index in [9.17, 15) is 0 Å². The molecule has 2 aromatic heterocycles. The molecule has 2 heterocycles. The molecule has 3 nitrogen and oxygen atoms in total. The van der Waals surface area contributed by atoms with E-state index in [4.69, 9.17) is 11.6 Å². The van der Waals surface area contributed by atoms with Crippen molar-refractivity contribution in [1.29, 1.82) is 0 Å². The van der Waals surface area contributed by atoms with Gasteiger partial charge in [-0.05, 0) is 37.3 Å². The van der Waals surface area contributed by atoms with Crippen LogP contribution in [0.3, 0.4) is 0 Å². The molecule has 1 N–H and O–H groups in total. The number of hydrogen-bond acceptors (Lipinski definition) is 2. The fourth-order valence-corrected chi connectivity index (χ4v) is 2.95. The van der Waals surface area contributed by atoms with Gasteiger partial charge in [0.1, 0.15) is 0 Å². The Balaban J connectivity index is 1.81. The van der Waals surface area contributed by atoms with Crippen LogP contribution in [0.15, 0.2) is 66.9 Å². The van der Waals surface area contributed by atoms with E-state index in [1.165, 1.54) is 0 Å². The minimum absolute atomic E-state index is 0.683. The highest BCUT2D eigenvalue weighted by Crippen LogP contribution is 2.27. The minimum atomic E-state index is 0.683. The second-order valence-corrected chi connectivity index (χ2v) is 6.03. The van der Waals surface area contributed by atoms with Gasteiger partial charge in [-0.15, -0.1) is 0 Å². The predicted molar refractivity (Wildman–Crippen MR) is 99.2 cm³/mol. The van der Waals surface area contributed by atoms with E-state index in [1.807, 2.05) is 60.1 Å². The maximum atomic E-state index is 6.07. The van der Waals surface area contributed by atoms with Gasteiger partial charge in [-0.3, -0.25) is 15.1 Å². The summed E-state index contributed by atoms with van der Waals surface area (Å²) in [5.41, 5.74) is 8.53. The van der Waals surface area contributed by atoms with Crippen LogP contribution in [0.4, 0.5) is 5.69 Å². The standard InChI is InChI=1S/C20H15ClN3/c1-14-7-10-20(15-5-3-2-4-6-15)24(14)23-18-11-12-22-19-13-16(21)8-9-17(18)19/h2-6,8-13H,1H3,(H,22,23). The lowest BCUT2D eigenvalue weighted by atomic mass is 10.1. The van der Waals surface area contributed by atoms with Crippen molar-refractivity contribution in [2.75, 3.05) is 5.43 Å². The van der Waals surface area contributed by atoms with Gasteiger partial charge >= 0.3 is 0 Å². The number of anilines is 1. The summed E-state index contributed by atoms with van der Waals surface area (Å²) in [7, 11) is 0. The van der Waals surface area contributed by atoms with Crippen LogP contribution in [-0.4, -0.2) is 9.66 Å². The number of aromatic nitrogens is 2. The maximum absolute atomic E-state index is 6.07. The monoisotopic (exact) mass is 332 g/mol. The van der Waals surface area contributed by atoms with Crippen LogP contribution in [-0.2, 0) is 0 Å². The van der Waals surface area contributed by atoms with Crippen LogP contribution in [0.5, 0.6) is 0 Å². The second kappa shape index (κ2) is 6.02. The van der Waals surface area contributed by atoms with Gasteiger partial charge in [0.15, 0.2) is 0 Å². The molecule has 0 fully saturated rings. The van der Waals surface area contributed by atoms with E-state index in [2.05, 4.69) is 28.6 Å². The summed E-state index contributed by atoms with van der Waals surface area (Å²) in [5, 5.41) is 1.71. The van der Waals surface area contributed by atoms with Gasteiger partial charge < -0.3 is 0 Å². The number of nitrogens with one attached hydrogen (secondary N) is 1. The van der Waals surface area contributed by atoms with Gasteiger partial charge in [0.2, 0.25) is 0 Å². The van der Waals surface area contributed by atoms with Crippen LogP contribution in [0.25, 0.3) is 22.2 Å². The van der Waals surface area contributed by atoms with Crippen molar-refractivity contribution in [2.45, 2.75) is 6.92 Å². The molecule has 1 radical (unpaired) electrons. The molecule has 4 heteroatoms. The van der Waals surface area contributed by atoms with Crippen molar-refractivity contribution in [3.63, 3.8) is 0 Å². The number of benzene rings is 2. The highest BCUT2D eigenvalue weighted by molar-refractivity contribution is 6.31. The van der Waals surface area contributed by atoms with Gasteiger partial charge in [0.25, 0.3) is 0 Å². The number of halogens is 1. The molecule has 4 rings (SSSR count). The Morgan fingerprint density at radius 3 is 2.75 bits per heavy atom. The molecule has 4 aromatic rings. The highest BCUT2D eigenvalue weighted by atomic mass is 35.5. The van der Waals surface area contributed by atoms with Gasteiger partial charge in [0, 0.05) is 33.9 Å². The molecule has 0 aliphatic heterocycles. The Hall–Kier alpha value is -2.78. The lowest BCUT2D eigenvalue weighted by Gasteiger charge is -2.16. The van der Waals surface area contributed by atoms with E-state index in [0.29, 0.717) is 5.02 Å². The van der Waals surface area contributed by atoms with Crippen molar-refractivity contribution in [3.8, 4) is 11.3 Å². The first-order valence-electron chi connectivity index (χ1n) is 7.69. The highest BCUT2D eigenvalue weighted by Gasteiger charge is 2.10. The van der Waals surface area contributed by atoms with Crippen LogP contribution in [0.1, 0.15) is 5.69 Å². The largest absolute Gasteiger partial charge is 0.293 e. The number of aryl methyl sites for hydroxylation is 1. The third kappa shape index (κ3) is 2.63. The van der Waals surface area contributed by atoms with Gasteiger partial charge in [-0.2, -0.15) is 0 Å². The maximum Gasteiger partial charge on any atom is 0.0738 e. The van der Waals surface area contributed by atoms with Gasteiger partial charge in [-0.1, -0.05) is 41.9 Å². The molecule has 0 aliphatic carbocycles. The smallest absolute Gasteiger partial charge is 0.0738 e. The zero-order valence-corrected chi connectivity index (χ0v) is 13.9. The molecule has 24 heavy (non-hydrogen) atoms. The topological polar surface area (TPSA) is 29.9 Å². The Kier molecular flexibility index (Phi) is 3.71. The zero-order valence-electron chi connectivity index (χ0n) is 13.1. The predicted octanol–water partition coefficient (Wildman–Crippen LogP) is 5.34. The first kappa shape index (κ1) is 14.8. The van der Waals surface area contributed by atoms with Crippen molar-refractivity contribution in [3.05, 3.63) is 83.6 Å². The second-order valence-electron chi connectivity index (χ2n) is 5.59. The Labute approximate surface area is 145 Å². The summed E-state index contributed by atoms with van der Waals surface area (Å²) in [6.45, 7) is 2.03. The molecule has 0 saturated carbocycles. The van der Waals surface area contributed by atoms with E-state index in [1.54, 1.807) is 6.20 Å². The van der Waals surface area contributed by atoms with Gasteiger partial charge in [0.05, 0.1) is 16.9 Å². The molecular weight excluding hydrogens is 318 g/mol. The summed E-state index contributed by atoms with van der Waals surface area (Å²) in [6.07, 6.45) is 1.78. The third-order valence-corrected chi connectivity index (χ3v) is 4.24. The summed E-state index contributed by atoms with van der Waals surface area (Å²) >= 11 is 6.07. The Morgan fingerprint density at radius 2 is 1.92 bits per heavy atom. The Bertz CT molecular complexity index is 1010. The number of hydrogen-bond donors (Lipinski definition) is 1. The van der Waals surface area contributed by atoms with Crippen LogP contribution >= 0.6 is 11.6 Å². The summed E-state index contributed by atoms with van der Waals surface area (Å²) in [5.74, 6) is 0. The van der Waals surface area contributed by atoms with E-state index < -0.39 is 0 Å². The lowest BCUT2D eigenvalue weighted by Crippen LogP contribution is -2.12. The summed E-state index contributed by atoms with van der Waals surface area (Å²) < 4.78 is 2.04. The average Bonchev–Trinajstić information content (AvgIpc) is 2.96. The molecule has 0 bridgehead atoms. The third-order valence-electron chi connectivity index (χ3n) is 4.00. The lowest BCUT2D eigenvalue weighted by molar-refractivity contribution is 0.931.